The molecule has 0 N–H and O–H groups in total. The van der Waals surface area contributed by atoms with E-state index in [1.165, 1.54) is 41.9 Å². The maximum Gasteiger partial charge on any atom is 0.255 e. The molecule has 0 bridgehead atoms. The predicted octanol–water partition coefficient (Wildman–Crippen LogP) is 4.49. The largest absolute Gasteiger partial charge is 0.298 e. The van der Waals surface area contributed by atoms with Crippen molar-refractivity contribution in [2.24, 2.45) is 0 Å². The summed E-state index contributed by atoms with van der Waals surface area (Å²) in [6.45, 7) is 5.65. The van der Waals surface area contributed by atoms with Crippen LogP contribution in [0.3, 0.4) is 0 Å². The summed E-state index contributed by atoms with van der Waals surface area (Å²) in [6.07, 6.45) is 7.09. The molecule has 27 heavy (non-hydrogen) atoms. The number of benzene rings is 1. The van der Waals surface area contributed by atoms with Crippen molar-refractivity contribution in [1.82, 2.24) is 14.5 Å². The predicted molar refractivity (Wildman–Crippen MR) is 111 cm³/mol. The van der Waals surface area contributed by atoms with Crippen LogP contribution in [0.2, 0.25) is 0 Å². The summed E-state index contributed by atoms with van der Waals surface area (Å²) in [5.41, 5.74) is 3.06. The van der Waals surface area contributed by atoms with Crippen molar-refractivity contribution in [2.75, 3.05) is 6.54 Å². The van der Waals surface area contributed by atoms with Crippen LogP contribution >= 0.6 is 11.3 Å². The van der Waals surface area contributed by atoms with Gasteiger partial charge in [0.05, 0.1) is 20.9 Å². The van der Waals surface area contributed by atoms with Crippen molar-refractivity contribution >= 4 is 21.6 Å². The summed E-state index contributed by atoms with van der Waals surface area (Å²) in [5, 5.41) is 1.27. The van der Waals surface area contributed by atoms with Gasteiger partial charge in [-0.2, -0.15) is 0 Å². The average molecular weight is 380 g/mol. The second-order valence-electron chi connectivity index (χ2n) is 8.17. The Balaban J connectivity index is 1.39. The summed E-state index contributed by atoms with van der Waals surface area (Å²) >= 11 is 1.80. The maximum atomic E-state index is 12.2. The zero-order chi connectivity index (χ0) is 18.5. The first-order chi connectivity index (χ1) is 13.1. The molecule has 3 aromatic rings. The van der Waals surface area contributed by atoms with E-state index in [4.69, 9.17) is 4.98 Å². The molecular formula is C22H25N3OS. The molecule has 2 aliphatic rings. The van der Waals surface area contributed by atoms with Crippen LogP contribution in [0.15, 0.2) is 41.3 Å². The first kappa shape index (κ1) is 17.1. The number of pyridine rings is 1. The molecule has 140 valence electrons. The lowest BCUT2D eigenvalue weighted by Gasteiger charge is -2.42. The van der Waals surface area contributed by atoms with Gasteiger partial charge >= 0.3 is 0 Å². The molecule has 3 heterocycles. The minimum atomic E-state index is 0.00579. The topological polar surface area (TPSA) is 38.1 Å². The molecule has 2 aromatic heterocycles. The Bertz CT molecular complexity index is 1050. The highest BCUT2D eigenvalue weighted by Crippen LogP contribution is 2.44. The minimum absolute atomic E-state index is 0.00579. The number of aromatic nitrogens is 2. The molecule has 1 aliphatic heterocycles. The molecule has 0 radical (unpaired) electrons. The first-order valence-corrected chi connectivity index (χ1v) is 10.8. The molecular weight excluding hydrogens is 354 g/mol. The Hall–Kier alpha value is -1.98. The highest BCUT2D eigenvalue weighted by Gasteiger charge is 2.39. The number of likely N-dealkylation sites (tertiary alicyclic amines) is 1. The molecule has 5 heteroatoms. The van der Waals surface area contributed by atoms with E-state index in [0.717, 1.165) is 28.9 Å². The van der Waals surface area contributed by atoms with Crippen LogP contribution in [0, 0.1) is 6.92 Å². The van der Waals surface area contributed by atoms with E-state index in [1.807, 2.05) is 25.3 Å². The van der Waals surface area contributed by atoms with Gasteiger partial charge in [-0.1, -0.05) is 6.07 Å². The Labute approximate surface area is 163 Å². The van der Waals surface area contributed by atoms with E-state index in [1.54, 1.807) is 22.0 Å². The second-order valence-corrected chi connectivity index (χ2v) is 9.23. The van der Waals surface area contributed by atoms with E-state index >= 15 is 0 Å². The van der Waals surface area contributed by atoms with Gasteiger partial charge in [0.15, 0.2) is 0 Å². The van der Waals surface area contributed by atoms with E-state index in [9.17, 15) is 4.79 Å². The van der Waals surface area contributed by atoms with Crippen LogP contribution < -0.4 is 5.56 Å². The van der Waals surface area contributed by atoms with Crippen LogP contribution in [0.4, 0.5) is 0 Å². The highest BCUT2D eigenvalue weighted by molar-refractivity contribution is 7.18. The molecule has 1 aromatic carbocycles. The zero-order valence-electron chi connectivity index (χ0n) is 15.9. The molecule has 1 saturated heterocycles. The summed E-state index contributed by atoms with van der Waals surface area (Å²) in [7, 11) is 0. The van der Waals surface area contributed by atoms with Gasteiger partial charge in [-0.15, -0.1) is 11.3 Å². The Morgan fingerprint density at radius 3 is 2.81 bits per heavy atom. The minimum Gasteiger partial charge on any atom is -0.298 e. The van der Waals surface area contributed by atoms with E-state index in [2.05, 4.69) is 24.0 Å². The van der Waals surface area contributed by atoms with Gasteiger partial charge in [0.1, 0.15) is 0 Å². The fraction of sp³-hybridized carbons (Fsp3) is 0.455. The normalized spacial score (nSPS) is 25.8. The number of aryl methyl sites for hydroxylation is 1. The molecule has 1 aliphatic carbocycles. The standard InChI is InChI=1S/C22H25N3OS/c1-14-5-8-21(26)25(13-14)17-6-7-19-20(12-17)27-22(23-19)16-10-18(11-16)24-9-3-4-15(24)2/h5-8,12-13,15-16,18H,3-4,9-11H2,1-2H3/t15-,16?,18?/m1/s1. The third kappa shape index (κ3) is 3.03. The van der Waals surface area contributed by atoms with Gasteiger partial charge in [0, 0.05) is 30.3 Å². The zero-order valence-corrected chi connectivity index (χ0v) is 16.7. The first-order valence-electron chi connectivity index (χ1n) is 9.94. The summed E-state index contributed by atoms with van der Waals surface area (Å²) in [5.74, 6) is 0.602. The van der Waals surface area contributed by atoms with E-state index in [0.29, 0.717) is 5.92 Å². The number of hydrogen-bond donors (Lipinski definition) is 0. The van der Waals surface area contributed by atoms with E-state index < -0.39 is 0 Å². The SMILES string of the molecule is Cc1ccc(=O)n(-c2ccc3nc(C4CC(N5CCC[C@H]5C)C4)sc3c2)c1. The van der Waals surface area contributed by atoms with Crippen molar-refractivity contribution in [3.05, 3.63) is 57.5 Å². The molecule has 0 spiro atoms. The fourth-order valence-corrected chi connectivity index (χ4v) is 5.74. The van der Waals surface area contributed by atoms with Crippen LogP contribution in [0.1, 0.15) is 49.1 Å². The molecule has 5 rings (SSSR count). The highest BCUT2D eigenvalue weighted by atomic mass is 32.1. The van der Waals surface area contributed by atoms with Crippen molar-refractivity contribution in [3.63, 3.8) is 0 Å². The average Bonchev–Trinajstić information content (AvgIpc) is 3.21. The lowest BCUT2D eigenvalue weighted by Crippen LogP contribution is -2.45. The molecule has 1 saturated carbocycles. The maximum absolute atomic E-state index is 12.2. The smallest absolute Gasteiger partial charge is 0.255 e. The van der Waals surface area contributed by atoms with Crippen LogP contribution in [0.5, 0.6) is 0 Å². The summed E-state index contributed by atoms with van der Waals surface area (Å²) < 4.78 is 2.90. The van der Waals surface area contributed by atoms with Gasteiger partial charge in [-0.3, -0.25) is 14.3 Å². The van der Waals surface area contributed by atoms with Gasteiger partial charge in [-0.05, 0) is 69.8 Å². The van der Waals surface area contributed by atoms with Gasteiger partial charge in [-0.25, -0.2) is 4.98 Å². The van der Waals surface area contributed by atoms with Crippen molar-refractivity contribution in [1.29, 1.82) is 0 Å². The number of fused-ring (bicyclic) bond motifs is 1. The second kappa shape index (κ2) is 6.57. The Morgan fingerprint density at radius 1 is 1.19 bits per heavy atom. The lowest BCUT2D eigenvalue weighted by molar-refractivity contribution is 0.103. The van der Waals surface area contributed by atoms with Gasteiger partial charge < -0.3 is 0 Å². The number of nitrogens with zero attached hydrogens (tertiary/aromatic N) is 3. The van der Waals surface area contributed by atoms with Crippen molar-refractivity contribution < 1.29 is 0 Å². The molecule has 1 atom stereocenters. The fourth-order valence-electron chi connectivity index (χ4n) is 4.61. The summed E-state index contributed by atoms with van der Waals surface area (Å²) in [6, 6.07) is 11.2. The van der Waals surface area contributed by atoms with Gasteiger partial charge in [0.2, 0.25) is 0 Å². The van der Waals surface area contributed by atoms with Crippen LogP contribution in [-0.4, -0.2) is 33.1 Å². The Morgan fingerprint density at radius 2 is 2.04 bits per heavy atom. The molecule has 2 fully saturated rings. The third-order valence-corrected chi connectivity index (χ3v) is 7.44. The van der Waals surface area contributed by atoms with Crippen LogP contribution in [-0.2, 0) is 0 Å². The number of hydrogen-bond acceptors (Lipinski definition) is 4. The van der Waals surface area contributed by atoms with Crippen molar-refractivity contribution in [2.45, 2.75) is 57.5 Å². The quantitative estimate of drug-likeness (QED) is 0.673. The van der Waals surface area contributed by atoms with E-state index in [-0.39, 0.29) is 5.56 Å². The van der Waals surface area contributed by atoms with Crippen molar-refractivity contribution in [3.8, 4) is 5.69 Å². The molecule has 4 nitrogen and oxygen atoms in total. The monoisotopic (exact) mass is 379 g/mol. The molecule has 0 unspecified atom stereocenters. The van der Waals surface area contributed by atoms with Crippen LogP contribution in [0.25, 0.3) is 15.9 Å². The number of rotatable bonds is 3. The summed E-state index contributed by atoms with van der Waals surface area (Å²) in [4.78, 5) is 19.8. The number of thiazole rings is 1. The lowest BCUT2D eigenvalue weighted by atomic mass is 9.79. The van der Waals surface area contributed by atoms with Gasteiger partial charge in [0.25, 0.3) is 5.56 Å². The third-order valence-electron chi connectivity index (χ3n) is 6.26. The molecule has 0 amide bonds. The Kier molecular flexibility index (Phi) is 4.17.